The van der Waals surface area contributed by atoms with Crippen LogP contribution in [-0.2, 0) is 9.59 Å². The molecular weight excluding hydrogens is 332 g/mol. The van der Waals surface area contributed by atoms with Gasteiger partial charge >= 0.3 is 0 Å². The Hall–Kier alpha value is -1.70. The molecule has 2 nitrogen and oxygen atoms in total. The average molecular weight is 371 g/mol. The lowest BCUT2D eigenvalue weighted by Crippen LogP contribution is -2.07. The van der Waals surface area contributed by atoms with E-state index >= 15 is 0 Å². The van der Waals surface area contributed by atoms with Crippen LogP contribution >= 0.6 is 0 Å². The second kappa shape index (κ2) is 10.6. The Morgan fingerprint density at radius 2 is 1.30 bits per heavy atom. The maximum Gasteiger partial charge on any atom is 0.159 e. The summed E-state index contributed by atoms with van der Waals surface area (Å²) in [6.45, 7) is 18.6. The van der Waals surface area contributed by atoms with E-state index in [0.717, 1.165) is 30.4 Å². The van der Waals surface area contributed by atoms with Crippen molar-refractivity contribution >= 4 is 11.6 Å². The second-order valence-corrected chi connectivity index (χ2v) is 8.54. The molecule has 2 heteroatoms. The maximum atomic E-state index is 11.7. The first-order valence-electron chi connectivity index (χ1n) is 10.3. The molecule has 0 aromatic rings. The van der Waals surface area contributed by atoms with E-state index < -0.39 is 0 Å². The van der Waals surface area contributed by atoms with Gasteiger partial charge in [-0.05, 0) is 68.4 Å². The van der Waals surface area contributed by atoms with Gasteiger partial charge in [0.05, 0.1) is 0 Å². The smallest absolute Gasteiger partial charge is 0.159 e. The minimum Gasteiger partial charge on any atom is -0.295 e. The lowest BCUT2D eigenvalue weighted by atomic mass is 9.90. The lowest BCUT2D eigenvalue weighted by Gasteiger charge is -2.14. The Morgan fingerprint density at radius 3 is 1.59 bits per heavy atom. The first-order chi connectivity index (χ1) is 12.6. The van der Waals surface area contributed by atoms with Gasteiger partial charge in [0.15, 0.2) is 11.6 Å². The van der Waals surface area contributed by atoms with Crippen molar-refractivity contribution in [3.05, 3.63) is 47.1 Å². The molecule has 2 aliphatic rings. The molecule has 2 unspecified atom stereocenters. The van der Waals surface area contributed by atoms with Crippen molar-refractivity contribution in [2.24, 2.45) is 23.7 Å². The Kier molecular flexibility index (Phi) is 9.15. The van der Waals surface area contributed by atoms with E-state index in [1.54, 1.807) is 0 Å². The highest BCUT2D eigenvalue weighted by molar-refractivity contribution is 5.99. The van der Waals surface area contributed by atoms with E-state index in [0.29, 0.717) is 41.7 Å². The molecule has 27 heavy (non-hydrogen) atoms. The number of carbonyl (C=O) groups is 2. The maximum absolute atomic E-state index is 11.7. The van der Waals surface area contributed by atoms with Crippen molar-refractivity contribution in [2.75, 3.05) is 0 Å². The summed E-state index contributed by atoms with van der Waals surface area (Å²) in [4.78, 5) is 23.3. The molecule has 2 rings (SSSR count). The number of Topliss-reactive ketones (excluding diaryl/α,β-unsaturated/α-hetero) is 2. The number of rotatable bonds is 6. The number of hydrogen-bond acceptors (Lipinski definition) is 2. The summed E-state index contributed by atoms with van der Waals surface area (Å²) in [7, 11) is 0. The van der Waals surface area contributed by atoms with Crippen LogP contribution in [0.2, 0.25) is 0 Å². The van der Waals surface area contributed by atoms with Crippen molar-refractivity contribution < 1.29 is 9.59 Å². The summed E-state index contributed by atoms with van der Waals surface area (Å²) in [5, 5.41) is 0. The third-order valence-corrected chi connectivity index (χ3v) is 6.06. The van der Waals surface area contributed by atoms with E-state index in [2.05, 4.69) is 54.2 Å². The molecule has 0 aromatic heterocycles. The highest BCUT2D eigenvalue weighted by atomic mass is 16.1. The molecule has 0 saturated heterocycles. The molecule has 0 N–H and O–H groups in total. The summed E-state index contributed by atoms with van der Waals surface area (Å²) in [6, 6.07) is 0. The number of carbonyl (C=O) groups excluding carboxylic acids is 2. The fourth-order valence-electron chi connectivity index (χ4n) is 4.24. The zero-order valence-electron chi connectivity index (χ0n) is 18.4. The molecule has 150 valence electrons. The summed E-state index contributed by atoms with van der Waals surface area (Å²) >= 11 is 0. The van der Waals surface area contributed by atoms with Crippen LogP contribution in [0.5, 0.6) is 0 Å². The molecule has 0 bridgehead atoms. The molecule has 0 aromatic carbocycles. The van der Waals surface area contributed by atoms with Gasteiger partial charge in [0.25, 0.3) is 0 Å². The fraction of sp³-hybridized carbons (Fsp3) is 0.600. The van der Waals surface area contributed by atoms with Gasteiger partial charge in [0.2, 0.25) is 0 Å². The van der Waals surface area contributed by atoms with Crippen LogP contribution in [0.3, 0.4) is 0 Å². The van der Waals surface area contributed by atoms with E-state index in [4.69, 9.17) is 0 Å². The summed E-state index contributed by atoms with van der Waals surface area (Å²) in [6.07, 6.45) is 8.91. The monoisotopic (exact) mass is 370 g/mol. The van der Waals surface area contributed by atoms with Gasteiger partial charge in [-0.15, -0.1) is 6.58 Å². The van der Waals surface area contributed by atoms with Gasteiger partial charge in [0.1, 0.15) is 0 Å². The zero-order chi connectivity index (χ0) is 20.7. The fourth-order valence-corrected chi connectivity index (χ4v) is 4.24. The second-order valence-electron chi connectivity index (χ2n) is 8.54. The minimum atomic E-state index is 0.330. The van der Waals surface area contributed by atoms with Crippen LogP contribution in [0.15, 0.2) is 47.1 Å². The molecule has 0 radical (unpaired) electrons. The standard InChI is InChI=1S/C13H20O.C12H18O/c1-5-6-7-11-10(4)12(9(2)3)8-13(11)14;1-5-6-10-9(4)11(8(2)3)7-12(10)13/h5-6,9,12H,7-8H2,1-4H3;5,8,11H,1,6-7H2,2-4H3/b6-5-;. The van der Waals surface area contributed by atoms with Crippen molar-refractivity contribution in [2.45, 2.75) is 74.1 Å². The van der Waals surface area contributed by atoms with Crippen LogP contribution in [-0.4, -0.2) is 11.6 Å². The number of allylic oxidation sites excluding steroid dienone is 7. The first-order valence-corrected chi connectivity index (χ1v) is 10.3. The largest absolute Gasteiger partial charge is 0.295 e. The van der Waals surface area contributed by atoms with Gasteiger partial charge in [0, 0.05) is 12.8 Å². The first kappa shape index (κ1) is 23.3. The van der Waals surface area contributed by atoms with Crippen molar-refractivity contribution in [3.8, 4) is 0 Å². The van der Waals surface area contributed by atoms with E-state index in [1.165, 1.54) is 11.1 Å². The van der Waals surface area contributed by atoms with E-state index in [9.17, 15) is 9.59 Å². The van der Waals surface area contributed by atoms with Gasteiger partial charge < -0.3 is 0 Å². The zero-order valence-corrected chi connectivity index (χ0v) is 18.4. The topological polar surface area (TPSA) is 34.1 Å². The third kappa shape index (κ3) is 5.89. The summed E-state index contributed by atoms with van der Waals surface area (Å²) < 4.78 is 0. The van der Waals surface area contributed by atoms with Crippen LogP contribution < -0.4 is 0 Å². The minimum absolute atomic E-state index is 0.330. The Bertz CT molecular complexity index is 656. The van der Waals surface area contributed by atoms with Crippen LogP contribution in [0.1, 0.15) is 74.1 Å². The van der Waals surface area contributed by atoms with Crippen molar-refractivity contribution in [3.63, 3.8) is 0 Å². The molecule has 0 heterocycles. The summed E-state index contributed by atoms with van der Waals surface area (Å²) in [5.74, 6) is 2.81. The van der Waals surface area contributed by atoms with Gasteiger partial charge in [-0.3, -0.25) is 9.59 Å². The lowest BCUT2D eigenvalue weighted by molar-refractivity contribution is -0.116. The van der Waals surface area contributed by atoms with Gasteiger partial charge in [-0.25, -0.2) is 0 Å². The Balaban J connectivity index is 0.000000271. The number of hydrogen-bond donors (Lipinski definition) is 0. The molecular formula is C25H38O2. The average Bonchev–Trinajstić information content (AvgIpc) is 3.04. The van der Waals surface area contributed by atoms with E-state index in [1.807, 2.05) is 19.1 Å². The van der Waals surface area contributed by atoms with Gasteiger partial charge in [-0.1, -0.05) is 57.1 Å². The predicted molar refractivity (Wildman–Crippen MR) is 116 cm³/mol. The SMILES string of the molecule is C/C=C\CC1=C(C)C(C(C)C)CC1=O.C=CCC1=C(C)C(C(C)C)CC1=O. The Morgan fingerprint density at radius 1 is 0.889 bits per heavy atom. The highest BCUT2D eigenvalue weighted by Crippen LogP contribution is 2.36. The Labute approximate surface area is 166 Å². The molecule has 0 fully saturated rings. The van der Waals surface area contributed by atoms with E-state index in [-0.39, 0.29) is 0 Å². The molecule has 2 atom stereocenters. The molecule has 0 spiro atoms. The van der Waals surface area contributed by atoms with Crippen molar-refractivity contribution in [1.29, 1.82) is 0 Å². The highest BCUT2D eigenvalue weighted by Gasteiger charge is 2.31. The third-order valence-electron chi connectivity index (χ3n) is 6.06. The van der Waals surface area contributed by atoms with Crippen LogP contribution in [0.4, 0.5) is 0 Å². The van der Waals surface area contributed by atoms with Crippen LogP contribution in [0.25, 0.3) is 0 Å². The quantitative estimate of drug-likeness (QED) is 0.491. The van der Waals surface area contributed by atoms with Crippen molar-refractivity contribution in [1.82, 2.24) is 0 Å². The molecule has 0 saturated carbocycles. The molecule has 2 aliphatic carbocycles. The normalized spacial score (nSPS) is 23.1. The molecule has 0 aliphatic heterocycles. The number of ketones is 2. The molecule has 0 amide bonds. The summed E-state index contributed by atoms with van der Waals surface area (Å²) in [5.41, 5.74) is 4.68. The van der Waals surface area contributed by atoms with Crippen LogP contribution in [0, 0.1) is 23.7 Å². The van der Waals surface area contributed by atoms with Gasteiger partial charge in [-0.2, -0.15) is 0 Å². The predicted octanol–water partition coefficient (Wildman–Crippen LogP) is 6.64.